The smallest absolute Gasteiger partial charge is 0.107 e. The Morgan fingerprint density at radius 2 is 2.16 bits per heavy atom. The molecule has 0 aliphatic carbocycles. The second-order valence-electron chi connectivity index (χ2n) is 6.21. The highest BCUT2D eigenvalue weighted by atomic mass is 32.1. The molecule has 1 aliphatic heterocycles. The number of thiazole rings is 1. The Morgan fingerprint density at radius 1 is 1.28 bits per heavy atom. The van der Waals surface area contributed by atoms with Gasteiger partial charge < -0.3 is 4.74 Å². The highest BCUT2D eigenvalue weighted by Crippen LogP contribution is 2.30. The van der Waals surface area contributed by atoms with Crippen LogP contribution >= 0.6 is 11.3 Å². The first-order valence-electron chi connectivity index (χ1n) is 8.44. The van der Waals surface area contributed by atoms with E-state index in [4.69, 9.17) is 4.74 Å². The number of rotatable bonds is 6. The fourth-order valence-corrected chi connectivity index (χ4v) is 3.90. The Hall–Kier alpha value is -2.09. The summed E-state index contributed by atoms with van der Waals surface area (Å²) < 4.78 is 7.93. The summed E-state index contributed by atoms with van der Waals surface area (Å²) in [5.74, 6) is 0. The number of nitrogens with zero attached hydrogens (tertiary/aromatic N) is 5. The highest BCUT2D eigenvalue weighted by molar-refractivity contribution is 7.09. The fourth-order valence-electron chi connectivity index (χ4n) is 3.26. The van der Waals surface area contributed by atoms with E-state index in [1.165, 1.54) is 11.3 Å². The van der Waals surface area contributed by atoms with Gasteiger partial charge in [0.05, 0.1) is 31.5 Å². The van der Waals surface area contributed by atoms with Crippen molar-refractivity contribution in [3.63, 3.8) is 0 Å². The van der Waals surface area contributed by atoms with E-state index in [2.05, 4.69) is 32.3 Å². The van der Waals surface area contributed by atoms with Crippen molar-refractivity contribution in [2.45, 2.75) is 25.6 Å². The first-order valence-corrected chi connectivity index (χ1v) is 9.32. The first-order chi connectivity index (χ1) is 12.3. The molecule has 2 aromatic heterocycles. The molecule has 0 unspecified atom stereocenters. The molecule has 4 rings (SSSR count). The molecule has 1 aliphatic rings. The van der Waals surface area contributed by atoms with E-state index in [9.17, 15) is 0 Å². The largest absolute Gasteiger partial charge is 0.375 e. The molecule has 0 fully saturated rings. The fraction of sp³-hybridized carbons (Fsp3) is 0.389. The van der Waals surface area contributed by atoms with Gasteiger partial charge in [-0.25, -0.2) is 4.98 Å². The van der Waals surface area contributed by atoms with Crippen molar-refractivity contribution in [1.82, 2.24) is 24.9 Å². The van der Waals surface area contributed by atoms with Gasteiger partial charge in [-0.15, -0.1) is 16.4 Å². The summed E-state index contributed by atoms with van der Waals surface area (Å²) in [6.07, 6.45) is 2.82. The summed E-state index contributed by atoms with van der Waals surface area (Å²) in [7, 11) is 1.96. The van der Waals surface area contributed by atoms with Crippen molar-refractivity contribution in [2.75, 3.05) is 13.2 Å². The summed E-state index contributed by atoms with van der Waals surface area (Å²) >= 11 is 1.69. The van der Waals surface area contributed by atoms with Crippen molar-refractivity contribution < 1.29 is 4.74 Å². The molecular formula is C18H21N5OS. The van der Waals surface area contributed by atoms with Crippen LogP contribution in [-0.2, 0) is 31.4 Å². The Bertz CT molecular complexity index is 802. The van der Waals surface area contributed by atoms with Gasteiger partial charge in [0.15, 0.2) is 0 Å². The molecule has 0 amide bonds. The maximum absolute atomic E-state index is 6.04. The molecule has 7 heteroatoms. The normalized spacial score (nSPS) is 17.6. The van der Waals surface area contributed by atoms with Crippen molar-refractivity contribution >= 4 is 11.3 Å². The van der Waals surface area contributed by atoms with Crippen LogP contribution in [0.3, 0.4) is 0 Å². The number of fused-ring (bicyclic) bond motifs is 1. The molecule has 1 aromatic carbocycles. The van der Waals surface area contributed by atoms with Gasteiger partial charge in [0, 0.05) is 31.6 Å². The third kappa shape index (κ3) is 3.63. The molecule has 25 heavy (non-hydrogen) atoms. The lowest BCUT2D eigenvalue weighted by atomic mass is 10.0. The van der Waals surface area contributed by atoms with E-state index in [1.54, 1.807) is 11.3 Å². The van der Waals surface area contributed by atoms with Crippen LogP contribution < -0.4 is 0 Å². The quantitative estimate of drug-likeness (QED) is 0.680. The van der Waals surface area contributed by atoms with Crippen LogP contribution in [0.5, 0.6) is 0 Å². The monoisotopic (exact) mass is 355 g/mol. The van der Waals surface area contributed by atoms with Crippen LogP contribution in [0.15, 0.2) is 41.9 Å². The number of hydrogen-bond acceptors (Lipinski definition) is 6. The molecule has 0 spiro atoms. The Kier molecular flexibility index (Phi) is 4.87. The highest BCUT2D eigenvalue weighted by Gasteiger charge is 2.32. The molecule has 3 aromatic rings. The maximum Gasteiger partial charge on any atom is 0.107 e. The van der Waals surface area contributed by atoms with Gasteiger partial charge in [-0.3, -0.25) is 9.58 Å². The van der Waals surface area contributed by atoms with Crippen LogP contribution in [0.4, 0.5) is 0 Å². The molecule has 6 nitrogen and oxygen atoms in total. The average Bonchev–Trinajstić information content (AvgIpc) is 3.28. The summed E-state index contributed by atoms with van der Waals surface area (Å²) in [6, 6.07) is 10.4. The van der Waals surface area contributed by atoms with Gasteiger partial charge in [0.25, 0.3) is 0 Å². The molecule has 0 bridgehead atoms. The van der Waals surface area contributed by atoms with Crippen molar-refractivity contribution in [2.24, 2.45) is 7.05 Å². The minimum absolute atomic E-state index is 0.116. The van der Waals surface area contributed by atoms with E-state index < -0.39 is 0 Å². The topological polar surface area (TPSA) is 56.1 Å². The number of hydrogen-bond donors (Lipinski definition) is 0. The van der Waals surface area contributed by atoms with E-state index in [1.807, 2.05) is 41.5 Å². The van der Waals surface area contributed by atoms with Gasteiger partial charge in [-0.2, -0.15) is 0 Å². The lowest BCUT2D eigenvalue weighted by molar-refractivity contribution is 0.0389. The standard InChI is InChI=1S/C18H21N5OS/c1-22-15-7-9-23(11-17-19-8-10-25-17)16(18(15)20-21-22)13-24-12-14-5-3-2-4-6-14/h2-6,8,10,16H,7,9,11-13H2,1H3/t16-/m1/s1. The molecule has 3 heterocycles. The predicted molar refractivity (Wildman–Crippen MR) is 96.1 cm³/mol. The van der Waals surface area contributed by atoms with Gasteiger partial charge >= 0.3 is 0 Å². The SMILES string of the molecule is Cn1nnc2c1CCN(Cc1nccs1)[C@@H]2COCc1ccccc1. The molecule has 0 N–H and O–H groups in total. The summed E-state index contributed by atoms with van der Waals surface area (Å²) in [4.78, 5) is 6.83. The van der Waals surface area contributed by atoms with E-state index in [0.717, 1.165) is 30.2 Å². The summed E-state index contributed by atoms with van der Waals surface area (Å²) in [5, 5.41) is 11.8. The van der Waals surface area contributed by atoms with Crippen molar-refractivity contribution in [3.8, 4) is 0 Å². The summed E-state index contributed by atoms with van der Waals surface area (Å²) in [6.45, 7) is 3.00. The maximum atomic E-state index is 6.04. The van der Waals surface area contributed by atoms with Gasteiger partial charge in [-0.05, 0) is 5.56 Å². The van der Waals surface area contributed by atoms with Crippen molar-refractivity contribution in [1.29, 1.82) is 0 Å². The lowest BCUT2D eigenvalue weighted by Crippen LogP contribution is -2.38. The first kappa shape index (κ1) is 16.4. The zero-order valence-corrected chi connectivity index (χ0v) is 15.0. The third-order valence-electron chi connectivity index (χ3n) is 4.57. The Balaban J connectivity index is 1.49. The Labute approximate surface area is 151 Å². The number of benzene rings is 1. The van der Waals surface area contributed by atoms with Crippen LogP contribution in [0, 0.1) is 0 Å². The van der Waals surface area contributed by atoms with Crippen LogP contribution in [-0.4, -0.2) is 38.0 Å². The zero-order chi connectivity index (χ0) is 17.1. The molecular weight excluding hydrogens is 334 g/mol. The van der Waals surface area contributed by atoms with E-state index in [-0.39, 0.29) is 6.04 Å². The van der Waals surface area contributed by atoms with Gasteiger partial charge in [0.1, 0.15) is 10.7 Å². The molecule has 0 saturated heterocycles. The lowest BCUT2D eigenvalue weighted by Gasteiger charge is -2.33. The molecule has 0 saturated carbocycles. The second-order valence-corrected chi connectivity index (χ2v) is 7.19. The van der Waals surface area contributed by atoms with E-state index >= 15 is 0 Å². The molecule has 0 radical (unpaired) electrons. The average molecular weight is 355 g/mol. The number of ether oxygens (including phenoxy) is 1. The molecule has 130 valence electrons. The second kappa shape index (κ2) is 7.43. The van der Waals surface area contributed by atoms with Crippen LogP contribution in [0.1, 0.15) is 28.0 Å². The Morgan fingerprint density at radius 3 is 2.96 bits per heavy atom. The van der Waals surface area contributed by atoms with E-state index in [0.29, 0.717) is 13.2 Å². The van der Waals surface area contributed by atoms with Crippen LogP contribution in [0.25, 0.3) is 0 Å². The van der Waals surface area contributed by atoms with Gasteiger partial charge in [0.2, 0.25) is 0 Å². The van der Waals surface area contributed by atoms with Gasteiger partial charge in [-0.1, -0.05) is 35.5 Å². The number of aryl methyl sites for hydroxylation is 1. The van der Waals surface area contributed by atoms with Crippen LogP contribution in [0.2, 0.25) is 0 Å². The predicted octanol–water partition coefficient (Wildman–Crippen LogP) is 2.59. The summed E-state index contributed by atoms with van der Waals surface area (Å²) in [5.41, 5.74) is 3.44. The zero-order valence-electron chi connectivity index (χ0n) is 14.2. The van der Waals surface area contributed by atoms with Crippen molar-refractivity contribution in [3.05, 3.63) is 63.9 Å². The minimum atomic E-state index is 0.116. The number of aromatic nitrogens is 4. The third-order valence-corrected chi connectivity index (χ3v) is 5.34. The molecule has 1 atom stereocenters. The minimum Gasteiger partial charge on any atom is -0.375 e.